The van der Waals surface area contributed by atoms with Gasteiger partial charge in [-0.05, 0) is 37.2 Å². The maximum atomic E-state index is 13.9. The summed E-state index contributed by atoms with van der Waals surface area (Å²) in [6.07, 6.45) is 0.804. The van der Waals surface area contributed by atoms with Gasteiger partial charge in [-0.25, -0.2) is 4.39 Å². The fraction of sp³-hybridized carbons (Fsp3) is 0.350. The van der Waals surface area contributed by atoms with Crippen molar-refractivity contribution in [2.75, 3.05) is 44.2 Å². The average molecular weight is 386 g/mol. The van der Waals surface area contributed by atoms with Crippen molar-refractivity contribution in [1.29, 1.82) is 0 Å². The molecule has 1 aliphatic heterocycles. The molecule has 28 heavy (non-hydrogen) atoms. The lowest BCUT2D eigenvalue weighted by molar-refractivity contribution is -0.384. The Labute approximate surface area is 162 Å². The Morgan fingerprint density at radius 2 is 1.75 bits per heavy atom. The minimum atomic E-state index is -0.492. The molecule has 0 spiro atoms. The van der Waals surface area contributed by atoms with Gasteiger partial charge in [-0.2, -0.15) is 0 Å². The summed E-state index contributed by atoms with van der Waals surface area (Å²) in [5.74, 6) is -0.427. The average Bonchev–Trinajstić information content (AvgIpc) is 2.72. The molecule has 8 heteroatoms. The predicted molar refractivity (Wildman–Crippen MR) is 105 cm³/mol. The van der Waals surface area contributed by atoms with Crippen molar-refractivity contribution in [3.8, 4) is 0 Å². The zero-order valence-electron chi connectivity index (χ0n) is 15.5. The molecule has 148 valence electrons. The van der Waals surface area contributed by atoms with E-state index in [4.69, 9.17) is 0 Å². The lowest BCUT2D eigenvalue weighted by Crippen LogP contribution is -2.47. The molecule has 1 fully saturated rings. The lowest BCUT2D eigenvalue weighted by Gasteiger charge is -2.36. The van der Waals surface area contributed by atoms with Crippen molar-refractivity contribution in [3.63, 3.8) is 0 Å². The molecule has 1 N–H and O–H groups in total. The number of nitro groups is 1. The van der Waals surface area contributed by atoms with Gasteiger partial charge in [0, 0.05) is 50.4 Å². The van der Waals surface area contributed by atoms with Crippen molar-refractivity contribution in [2.45, 2.75) is 6.42 Å². The first-order valence-electron chi connectivity index (χ1n) is 9.29. The van der Waals surface area contributed by atoms with Gasteiger partial charge in [0.2, 0.25) is 0 Å². The Kier molecular flexibility index (Phi) is 6.54. The first kappa shape index (κ1) is 19.8. The number of halogens is 1. The van der Waals surface area contributed by atoms with Gasteiger partial charge in [0.05, 0.1) is 10.6 Å². The summed E-state index contributed by atoms with van der Waals surface area (Å²) in [4.78, 5) is 26.6. The summed E-state index contributed by atoms with van der Waals surface area (Å²) in [6, 6.07) is 12.4. The van der Waals surface area contributed by atoms with Gasteiger partial charge in [0.1, 0.15) is 5.82 Å². The smallest absolute Gasteiger partial charge is 0.269 e. The summed E-state index contributed by atoms with van der Waals surface area (Å²) in [7, 11) is 0. The molecule has 1 amide bonds. The van der Waals surface area contributed by atoms with E-state index < -0.39 is 4.92 Å². The molecular formula is C20H23FN4O3. The number of hydrogen-bond donors (Lipinski definition) is 1. The SMILES string of the molecule is O=C(NCCCN1CCN(c2ccccc2F)CC1)c1ccc([N+](=O)[O-])cc1. The van der Waals surface area contributed by atoms with E-state index in [1.54, 1.807) is 12.1 Å². The minimum Gasteiger partial charge on any atom is -0.367 e. The number of rotatable bonds is 7. The number of anilines is 1. The van der Waals surface area contributed by atoms with Crippen molar-refractivity contribution in [2.24, 2.45) is 0 Å². The molecule has 1 heterocycles. The summed E-state index contributed by atoms with van der Waals surface area (Å²) in [6.45, 7) is 4.64. The molecule has 0 saturated carbocycles. The van der Waals surface area contributed by atoms with Gasteiger partial charge in [-0.3, -0.25) is 19.8 Å². The van der Waals surface area contributed by atoms with E-state index in [1.165, 1.54) is 30.3 Å². The van der Waals surface area contributed by atoms with E-state index in [2.05, 4.69) is 15.1 Å². The second-order valence-electron chi connectivity index (χ2n) is 6.69. The fourth-order valence-corrected chi connectivity index (χ4v) is 3.26. The molecule has 0 radical (unpaired) electrons. The second-order valence-corrected chi connectivity index (χ2v) is 6.69. The van der Waals surface area contributed by atoms with Gasteiger partial charge < -0.3 is 10.2 Å². The topological polar surface area (TPSA) is 78.7 Å². The third-order valence-corrected chi connectivity index (χ3v) is 4.84. The molecule has 2 aromatic rings. The molecule has 0 unspecified atom stereocenters. The molecule has 2 aromatic carbocycles. The van der Waals surface area contributed by atoms with Crippen LogP contribution in [0.15, 0.2) is 48.5 Å². The van der Waals surface area contributed by atoms with E-state index in [0.29, 0.717) is 17.8 Å². The van der Waals surface area contributed by atoms with Crippen LogP contribution in [0.5, 0.6) is 0 Å². The lowest BCUT2D eigenvalue weighted by atomic mass is 10.2. The molecule has 0 atom stereocenters. The molecule has 1 saturated heterocycles. The highest BCUT2D eigenvalue weighted by molar-refractivity contribution is 5.94. The Morgan fingerprint density at radius 1 is 1.07 bits per heavy atom. The highest BCUT2D eigenvalue weighted by Gasteiger charge is 2.18. The van der Waals surface area contributed by atoms with Crippen LogP contribution in [-0.4, -0.2) is 55.0 Å². The van der Waals surface area contributed by atoms with Crippen molar-refractivity contribution in [3.05, 3.63) is 70.0 Å². The molecule has 7 nitrogen and oxygen atoms in total. The predicted octanol–water partition coefficient (Wildman–Crippen LogP) is 2.68. The van der Waals surface area contributed by atoms with Crippen LogP contribution < -0.4 is 10.2 Å². The quantitative estimate of drug-likeness (QED) is 0.450. The molecule has 1 aliphatic rings. The number of benzene rings is 2. The third-order valence-electron chi connectivity index (χ3n) is 4.84. The Bertz CT molecular complexity index is 820. The van der Waals surface area contributed by atoms with Gasteiger partial charge >= 0.3 is 0 Å². The minimum absolute atomic E-state index is 0.0360. The highest BCUT2D eigenvalue weighted by atomic mass is 19.1. The number of non-ortho nitro benzene ring substituents is 1. The number of carbonyl (C=O) groups excluding carboxylic acids is 1. The van der Waals surface area contributed by atoms with E-state index in [1.807, 2.05) is 6.07 Å². The number of piperazine rings is 1. The van der Waals surface area contributed by atoms with Gasteiger partial charge in [-0.15, -0.1) is 0 Å². The van der Waals surface area contributed by atoms with Crippen LogP contribution in [0, 0.1) is 15.9 Å². The summed E-state index contributed by atoms with van der Waals surface area (Å²) in [5, 5.41) is 13.5. The number of nitrogens with one attached hydrogen (secondary N) is 1. The van der Waals surface area contributed by atoms with E-state index in [9.17, 15) is 19.3 Å². The van der Waals surface area contributed by atoms with Crippen LogP contribution in [0.2, 0.25) is 0 Å². The van der Waals surface area contributed by atoms with Crippen LogP contribution in [-0.2, 0) is 0 Å². The molecule has 0 bridgehead atoms. The van der Waals surface area contributed by atoms with Crippen molar-refractivity contribution >= 4 is 17.3 Å². The van der Waals surface area contributed by atoms with Gasteiger partial charge in [-0.1, -0.05) is 12.1 Å². The summed E-state index contributed by atoms with van der Waals surface area (Å²) in [5.41, 5.74) is 1.02. The van der Waals surface area contributed by atoms with E-state index in [0.717, 1.165) is 39.1 Å². The Hall–Kier alpha value is -3.00. The Balaban J connectivity index is 1.36. The number of nitrogens with zero attached hydrogens (tertiary/aromatic N) is 3. The van der Waals surface area contributed by atoms with Crippen molar-refractivity contribution < 1.29 is 14.1 Å². The fourth-order valence-electron chi connectivity index (χ4n) is 3.26. The number of para-hydroxylation sites is 1. The maximum absolute atomic E-state index is 13.9. The third kappa shape index (κ3) is 5.04. The molecule has 0 aromatic heterocycles. The largest absolute Gasteiger partial charge is 0.367 e. The van der Waals surface area contributed by atoms with Crippen LogP contribution in [0.4, 0.5) is 15.8 Å². The maximum Gasteiger partial charge on any atom is 0.269 e. The Morgan fingerprint density at radius 3 is 2.39 bits per heavy atom. The standard InChI is InChI=1S/C20H23FN4O3/c21-18-4-1-2-5-19(18)24-14-12-23(13-15-24)11-3-10-22-20(26)16-6-8-17(9-7-16)25(27)28/h1-2,4-9H,3,10-15H2,(H,22,26). The summed E-state index contributed by atoms with van der Waals surface area (Å²) < 4.78 is 13.9. The molecular weight excluding hydrogens is 363 g/mol. The normalized spacial score (nSPS) is 14.7. The van der Waals surface area contributed by atoms with Crippen LogP contribution in [0.25, 0.3) is 0 Å². The zero-order valence-corrected chi connectivity index (χ0v) is 15.5. The van der Waals surface area contributed by atoms with Crippen LogP contribution >= 0.6 is 0 Å². The van der Waals surface area contributed by atoms with Gasteiger partial charge in [0.25, 0.3) is 11.6 Å². The first-order valence-corrected chi connectivity index (χ1v) is 9.29. The number of amides is 1. The van der Waals surface area contributed by atoms with Crippen LogP contribution in [0.1, 0.15) is 16.8 Å². The van der Waals surface area contributed by atoms with Crippen molar-refractivity contribution in [1.82, 2.24) is 10.2 Å². The summed E-state index contributed by atoms with van der Waals surface area (Å²) >= 11 is 0. The zero-order chi connectivity index (χ0) is 19.9. The van der Waals surface area contributed by atoms with Gasteiger partial charge in [0.15, 0.2) is 0 Å². The number of hydrogen-bond acceptors (Lipinski definition) is 5. The second kappa shape index (κ2) is 9.27. The van der Waals surface area contributed by atoms with E-state index in [-0.39, 0.29) is 17.4 Å². The molecule has 3 rings (SSSR count). The van der Waals surface area contributed by atoms with Crippen LogP contribution in [0.3, 0.4) is 0 Å². The monoisotopic (exact) mass is 386 g/mol. The number of nitro benzene ring substituents is 1. The highest BCUT2D eigenvalue weighted by Crippen LogP contribution is 2.20. The first-order chi connectivity index (χ1) is 13.5. The number of carbonyl (C=O) groups is 1. The van der Waals surface area contributed by atoms with E-state index >= 15 is 0 Å². The molecule has 0 aliphatic carbocycles.